The van der Waals surface area contributed by atoms with Gasteiger partial charge in [0.25, 0.3) is 0 Å². The second kappa shape index (κ2) is 11.5. The van der Waals surface area contributed by atoms with Gasteiger partial charge in [0.2, 0.25) is 5.91 Å². The summed E-state index contributed by atoms with van der Waals surface area (Å²) in [5.41, 5.74) is 0.766. The van der Waals surface area contributed by atoms with Crippen molar-refractivity contribution in [1.82, 2.24) is 10.2 Å². The Morgan fingerprint density at radius 1 is 1.12 bits per heavy atom. The number of aliphatic carboxylic acids is 2. The average Bonchev–Trinajstić information content (AvgIpc) is 2.48. The number of carboxylic acid groups (broad SMARTS) is 2. The zero-order valence-electron chi connectivity index (χ0n) is 15.4. The Balaban J connectivity index is 0.000000896. The summed E-state index contributed by atoms with van der Waals surface area (Å²) >= 11 is 5.99. The van der Waals surface area contributed by atoms with Crippen molar-refractivity contribution in [3.8, 4) is 0 Å². The van der Waals surface area contributed by atoms with E-state index in [1.54, 1.807) is 12.1 Å². The molecule has 1 aromatic rings. The van der Waals surface area contributed by atoms with Crippen molar-refractivity contribution in [2.45, 2.75) is 13.8 Å². The topological polar surface area (TPSA) is 119 Å². The predicted octanol–water partition coefficient (Wildman–Crippen LogP) is 1.61. The number of halogens is 1. The third-order valence-electron chi connectivity index (χ3n) is 2.96. The van der Waals surface area contributed by atoms with E-state index in [-0.39, 0.29) is 17.9 Å². The van der Waals surface area contributed by atoms with Gasteiger partial charge in [-0.3, -0.25) is 4.79 Å². The van der Waals surface area contributed by atoms with Crippen LogP contribution in [0.2, 0.25) is 5.02 Å². The second-order valence-corrected chi connectivity index (χ2v) is 7.05. The van der Waals surface area contributed by atoms with Crippen LogP contribution in [-0.2, 0) is 14.4 Å². The lowest BCUT2D eigenvalue weighted by atomic mass is 9.93. The molecular weight excluding hydrogens is 362 g/mol. The molecule has 146 valence electrons. The summed E-state index contributed by atoms with van der Waals surface area (Å²) in [5, 5.41) is 21.3. The molecule has 8 nitrogen and oxygen atoms in total. The SMILES string of the molecule is CN(C)CC(C)(C)CNCC(=O)Nc1ccccc1Cl.O=C(O)C(=O)O. The number of amides is 1. The van der Waals surface area contributed by atoms with Gasteiger partial charge in [0.1, 0.15) is 0 Å². The summed E-state index contributed by atoms with van der Waals surface area (Å²) in [7, 11) is 4.09. The van der Waals surface area contributed by atoms with Gasteiger partial charge in [-0.1, -0.05) is 37.6 Å². The summed E-state index contributed by atoms with van der Waals surface area (Å²) in [6.07, 6.45) is 0. The molecule has 0 aromatic heterocycles. The molecule has 1 rings (SSSR count). The van der Waals surface area contributed by atoms with E-state index >= 15 is 0 Å². The van der Waals surface area contributed by atoms with E-state index in [1.165, 1.54) is 0 Å². The van der Waals surface area contributed by atoms with Crippen LogP contribution >= 0.6 is 11.6 Å². The first-order valence-electron chi connectivity index (χ1n) is 7.80. The number of hydrogen-bond acceptors (Lipinski definition) is 5. The number of carbonyl (C=O) groups excluding carboxylic acids is 1. The Hall–Kier alpha value is -2.16. The van der Waals surface area contributed by atoms with E-state index in [0.29, 0.717) is 10.7 Å². The molecular formula is C17H26ClN3O5. The first kappa shape index (κ1) is 23.8. The molecule has 0 bridgehead atoms. The van der Waals surface area contributed by atoms with Gasteiger partial charge >= 0.3 is 11.9 Å². The molecule has 0 atom stereocenters. The van der Waals surface area contributed by atoms with Gasteiger partial charge in [-0.15, -0.1) is 0 Å². The van der Waals surface area contributed by atoms with Crippen LogP contribution in [0.4, 0.5) is 5.69 Å². The molecule has 0 fully saturated rings. The van der Waals surface area contributed by atoms with Gasteiger partial charge in [0.05, 0.1) is 17.3 Å². The number of hydrogen-bond donors (Lipinski definition) is 4. The van der Waals surface area contributed by atoms with E-state index in [1.807, 2.05) is 26.2 Å². The number of para-hydroxylation sites is 1. The third kappa shape index (κ3) is 11.4. The highest BCUT2D eigenvalue weighted by atomic mass is 35.5. The first-order valence-corrected chi connectivity index (χ1v) is 8.18. The van der Waals surface area contributed by atoms with Crippen molar-refractivity contribution in [2.24, 2.45) is 5.41 Å². The quantitative estimate of drug-likeness (QED) is 0.525. The highest BCUT2D eigenvalue weighted by molar-refractivity contribution is 6.33. The van der Waals surface area contributed by atoms with Gasteiger partial charge in [0, 0.05) is 13.1 Å². The third-order valence-corrected chi connectivity index (χ3v) is 3.29. The summed E-state index contributed by atoms with van der Waals surface area (Å²) in [5.74, 6) is -3.73. The minimum Gasteiger partial charge on any atom is -0.473 e. The van der Waals surface area contributed by atoms with Crippen LogP contribution in [0.15, 0.2) is 24.3 Å². The smallest absolute Gasteiger partial charge is 0.414 e. The zero-order valence-corrected chi connectivity index (χ0v) is 16.1. The van der Waals surface area contributed by atoms with Gasteiger partial charge in [-0.05, 0) is 31.6 Å². The van der Waals surface area contributed by atoms with Crippen molar-refractivity contribution in [3.05, 3.63) is 29.3 Å². The van der Waals surface area contributed by atoms with Crippen LogP contribution in [0.5, 0.6) is 0 Å². The van der Waals surface area contributed by atoms with Crippen LogP contribution in [0.3, 0.4) is 0 Å². The molecule has 1 amide bonds. The zero-order chi connectivity index (χ0) is 20.3. The normalized spacial score (nSPS) is 10.7. The van der Waals surface area contributed by atoms with Crippen LogP contribution in [0.1, 0.15) is 13.8 Å². The first-order chi connectivity index (χ1) is 11.9. The highest BCUT2D eigenvalue weighted by Gasteiger charge is 2.18. The molecule has 4 N–H and O–H groups in total. The molecule has 26 heavy (non-hydrogen) atoms. The molecule has 0 spiro atoms. The van der Waals surface area contributed by atoms with Gasteiger partial charge in [0.15, 0.2) is 0 Å². The molecule has 0 aliphatic heterocycles. The fraction of sp³-hybridized carbons (Fsp3) is 0.471. The maximum Gasteiger partial charge on any atom is 0.414 e. The standard InChI is InChI=1S/C15H24ClN3O.C2H2O4/c1-15(2,11-19(3)4)10-17-9-14(20)18-13-8-6-5-7-12(13)16;3-1(4)2(5)6/h5-8,17H,9-11H2,1-4H3,(H,18,20);(H,3,4)(H,5,6). The molecule has 0 heterocycles. The molecule has 0 saturated carbocycles. The second-order valence-electron chi connectivity index (χ2n) is 6.64. The summed E-state index contributed by atoms with van der Waals surface area (Å²) < 4.78 is 0. The van der Waals surface area contributed by atoms with Crippen LogP contribution in [0, 0.1) is 5.41 Å². The van der Waals surface area contributed by atoms with Crippen molar-refractivity contribution >= 4 is 35.1 Å². The summed E-state index contributed by atoms with van der Waals surface area (Å²) in [6, 6.07) is 7.22. The Morgan fingerprint density at radius 2 is 1.65 bits per heavy atom. The Morgan fingerprint density at radius 3 is 2.12 bits per heavy atom. The monoisotopic (exact) mass is 387 g/mol. The number of anilines is 1. The maximum atomic E-state index is 11.8. The fourth-order valence-corrected chi connectivity index (χ4v) is 2.37. The van der Waals surface area contributed by atoms with Crippen molar-refractivity contribution in [2.75, 3.05) is 39.0 Å². The Bertz CT molecular complexity index is 608. The maximum absolute atomic E-state index is 11.8. The molecule has 0 aliphatic carbocycles. The molecule has 1 aromatic carbocycles. The van der Waals surface area contributed by atoms with E-state index in [9.17, 15) is 4.79 Å². The van der Waals surface area contributed by atoms with E-state index in [4.69, 9.17) is 31.4 Å². The fourth-order valence-electron chi connectivity index (χ4n) is 2.18. The number of benzene rings is 1. The lowest BCUT2D eigenvalue weighted by Gasteiger charge is -2.28. The van der Waals surface area contributed by atoms with Gasteiger partial charge in [-0.2, -0.15) is 0 Å². The summed E-state index contributed by atoms with van der Waals surface area (Å²) in [6.45, 7) is 6.37. The van der Waals surface area contributed by atoms with E-state index in [0.717, 1.165) is 13.1 Å². The van der Waals surface area contributed by atoms with Crippen molar-refractivity contribution in [3.63, 3.8) is 0 Å². The van der Waals surface area contributed by atoms with Gasteiger partial charge in [-0.25, -0.2) is 9.59 Å². The minimum atomic E-state index is -1.82. The van der Waals surface area contributed by atoms with Crippen LogP contribution in [-0.4, -0.2) is 66.7 Å². The Kier molecular flexibility index (Phi) is 10.5. The number of carbonyl (C=O) groups is 3. The minimum absolute atomic E-state index is 0.0845. The van der Waals surface area contributed by atoms with E-state index in [2.05, 4.69) is 29.4 Å². The van der Waals surface area contributed by atoms with E-state index < -0.39 is 11.9 Å². The lowest BCUT2D eigenvalue weighted by molar-refractivity contribution is -0.159. The number of nitrogens with zero attached hydrogens (tertiary/aromatic N) is 1. The van der Waals surface area contributed by atoms with Crippen LogP contribution < -0.4 is 10.6 Å². The van der Waals surface area contributed by atoms with Gasteiger partial charge < -0.3 is 25.7 Å². The molecule has 0 aliphatic rings. The largest absolute Gasteiger partial charge is 0.473 e. The number of rotatable bonds is 7. The van der Waals surface area contributed by atoms with Crippen molar-refractivity contribution in [1.29, 1.82) is 0 Å². The summed E-state index contributed by atoms with van der Waals surface area (Å²) in [4.78, 5) is 32.2. The number of carboxylic acids is 2. The Labute approximate surface area is 158 Å². The number of nitrogens with one attached hydrogen (secondary N) is 2. The van der Waals surface area contributed by atoms with Crippen molar-refractivity contribution < 1.29 is 24.6 Å². The lowest BCUT2D eigenvalue weighted by Crippen LogP contribution is -2.40. The average molecular weight is 388 g/mol. The van der Waals surface area contributed by atoms with Crippen LogP contribution in [0.25, 0.3) is 0 Å². The highest BCUT2D eigenvalue weighted by Crippen LogP contribution is 2.20. The molecule has 0 unspecified atom stereocenters. The predicted molar refractivity (Wildman–Crippen MR) is 101 cm³/mol. The molecule has 9 heteroatoms. The molecule has 0 saturated heterocycles. The molecule has 0 radical (unpaired) electrons.